The smallest absolute Gasteiger partial charge is 0.325 e. The summed E-state index contributed by atoms with van der Waals surface area (Å²) in [7, 11) is 0. The normalized spacial score (nSPS) is 10.3. The van der Waals surface area contributed by atoms with Crippen LogP contribution in [-0.4, -0.2) is 24.5 Å². The molecule has 1 rings (SSSR count). The van der Waals surface area contributed by atoms with Crippen LogP contribution in [0.5, 0.6) is 0 Å². The van der Waals surface area contributed by atoms with Crippen molar-refractivity contribution in [3.05, 3.63) is 34.9 Å². The Labute approximate surface area is 107 Å². The van der Waals surface area contributed by atoms with Gasteiger partial charge < -0.3 is 10.1 Å². The average Bonchev–Trinajstić information content (AvgIpc) is 2.23. The molecule has 18 heavy (non-hydrogen) atoms. The summed E-state index contributed by atoms with van der Waals surface area (Å²) in [5.74, 6) is -0.690. The van der Waals surface area contributed by atoms with E-state index in [-0.39, 0.29) is 18.6 Å². The molecule has 0 aromatic heterocycles. The monoisotopic (exact) mass is 249 g/mol. The zero-order chi connectivity index (χ0) is 13.7. The zero-order valence-electron chi connectivity index (χ0n) is 11.2. The van der Waals surface area contributed by atoms with Crippen LogP contribution < -0.4 is 5.32 Å². The summed E-state index contributed by atoms with van der Waals surface area (Å²) in [5.41, 5.74) is 2.60. The predicted molar refractivity (Wildman–Crippen MR) is 69.5 cm³/mol. The summed E-state index contributed by atoms with van der Waals surface area (Å²) in [6.07, 6.45) is -0.171. The van der Waals surface area contributed by atoms with Crippen LogP contribution in [0.2, 0.25) is 0 Å². The van der Waals surface area contributed by atoms with Gasteiger partial charge in [-0.25, -0.2) is 0 Å². The predicted octanol–water partition coefficient (Wildman–Crippen LogP) is 1.98. The fraction of sp³-hybridized carbons (Fsp3) is 0.429. The van der Waals surface area contributed by atoms with Gasteiger partial charge >= 0.3 is 5.97 Å². The fourth-order valence-corrected chi connectivity index (χ4v) is 1.66. The van der Waals surface area contributed by atoms with E-state index in [4.69, 9.17) is 4.74 Å². The first-order valence-corrected chi connectivity index (χ1v) is 5.94. The van der Waals surface area contributed by atoms with Crippen molar-refractivity contribution in [2.45, 2.75) is 33.8 Å². The average molecular weight is 249 g/mol. The number of hydrogen-bond donors (Lipinski definition) is 1. The van der Waals surface area contributed by atoms with Crippen molar-refractivity contribution in [2.75, 3.05) is 6.54 Å². The second-order valence-corrected chi connectivity index (χ2v) is 4.60. The molecule has 0 saturated heterocycles. The molecule has 4 heteroatoms. The van der Waals surface area contributed by atoms with Crippen molar-refractivity contribution < 1.29 is 14.3 Å². The summed E-state index contributed by atoms with van der Waals surface area (Å²) in [4.78, 5) is 23.1. The standard InChI is InChI=1S/C14H19NO3/c1-9(2)18-13(16)8-15-14(17)12-6-10(3)5-11(4)7-12/h5-7,9H,8H2,1-4H3,(H,15,17). The zero-order valence-corrected chi connectivity index (χ0v) is 11.2. The molecule has 1 aromatic rings. The molecule has 1 N–H and O–H groups in total. The van der Waals surface area contributed by atoms with E-state index in [0.717, 1.165) is 11.1 Å². The third-order valence-corrected chi connectivity index (χ3v) is 2.24. The van der Waals surface area contributed by atoms with Crippen LogP contribution in [-0.2, 0) is 9.53 Å². The third-order valence-electron chi connectivity index (χ3n) is 2.24. The summed E-state index contributed by atoms with van der Waals surface area (Å²) in [5, 5.41) is 2.55. The van der Waals surface area contributed by atoms with E-state index < -0.39 is 5.97 Å². The first kappa shape index (κ1) is 14.2. The minimum absolute atomic E-state index is 0.107. The van der Waals surface area contributed by atoms with Gasteiger partial charge in [0.1, 0.15) is 6.54 Å². The molecule has 0 atom stereocenters. The van der Waals surface area contributed by atoms with E-state index in [1.807, 2.05) is 19.9 Å². The molecule has 0 bridgehead atoms. The number of carbonyl (C=O) groups is 2. The molecule has 0 aliphatic heterocycles. The Bertz CT molecular complexity index is 432. The van der Waals surface area contributed by atoms with Gasteiger partial charge in [-0.15, -0.1) is 0 Å². The summed E-state index contributed by atoms with van der Waals surface area (Å²) in [6, 6.07) is 5.57. The quantitative estimate of drug-likeness (QED) is 0.830. The van der Waals surface area contributed by atoms with E-state index in [1.54, 1.807) is 26.0 Å². The molecule has 4 nitrogen and oxygen atoms in total. The van der Waals surface area contributed by atoms with E-state index in [1.165, 1.54) is 0 Å². The van der Waals surface area contributed by atoms with Crippen LogP contribution >= 0.6 is 0 Å². The second kappa shape index (κ2) is 6.19. The van der Waals surface area contributed by atoms with Gasteiger partial charge in [0, 0.05) is 5.56 Å². The lowest BCUT2D eigenvalue weighted by Crippen LogP contribution is -2.31. The number of amides is 1. The molecule has 0 aliphatic rings. The number of aryl methyl sites for hydroxylation is 2. The highest BCUT2D eigenvalue weighted by Crippen LogP contribution is 2.08. The van der Waals surface area contributed by atoms with Gasteiger partial charge in [-0.1, -0.05) is 17.2 Å². The van der Waals surface area contributed by atoms with Gasteiger partial charge in [0.2, 0.25) is 0 Å². The van der Waals surface area contributed by atoms with Crippen molar-refractivity contribution in [1.82, 2.24) is 5.32 Å². The Hall–Kier alpha value is -1.84. The van der Waals surface area contributed by atoms with Gasteiger partial charge in [0.25, 0.3) is 5.91 Å². The van der Waals surface area contributed by atoms with Gasteiger partial charge in [0.05, 0.1) is 6.10 Å². The Morgan fingerprint density at radius 1 is 1.17 bits per heavy atom. The molecule has 98 valence electrons. The highest BCUT2D eigenvalue weighted by atomic mass is 16.5. The van der Waals surface area contributed by atoms with Gasteiger partial charge in [0.15, 0.2) is 0 Å². The minimum Gasteiger partial charge on any atom is -0.462 e. The molecule has 0 heterocycles. The van der Waals surface area contributed by atoms with E-state index in [9.17, 15) is 9.59 Å². The molecule has 1 aromatic carbocycles. The van der Waals surface area contributed by atoms with Crippen LogP contribution in [0.15, 0.2) is 18.2 Å². The summed E-state index contributed by atoms with van der Waals surface area (Å²) >= 11 is 0. The molecule has 0 spiro atoms. The maximum absolute atomic E-state index is 11.8. The number of esters is 1. The number of ether oxygens (including phenoxy) is 1. The highest BCUT2D eigenvalue weighted by molar-refractivity contribution is 5.96. The lowest BCUT2D eigenvalue weighted by Gasteiger charge is -2.09. The van der Waals surface area contributed by atoms with Crippen molar-refractivity contribution in [2.24, 2.45) is 0 Å². The number of nitrogens with one attached hydrogen (secondary N) is 1. The van der Waals surface area contributed by atoms with Gasteiger partial charge in [-0.2, -0.15) is 0 Å². The molecule has 0 fully saturated rings. The van der Waals surface area contributed by atoms with Crippen LogP contribution in [0.1, 0.15) is 35.3 Å². The lowest BCUT2D eigenvalue weighted by molar-refractivity contribution is -0.146. The molecule has 0 saturated carbocycles. The molecule has 0 aliphatic carbocycles. The van der Waals surface area contributed by atoms with E-state index >= 15 is 0 Å². The number of hydrogen-bond acceptors (Lipinski definition) is 3. The molecule has 0 radical (unpaired) electrons. The van der Waals surface area contributed by atoms with Crippen LogP contribution in [0.3, 0.4) is 0 Å². The van der Waals surface area contributed by atoms with E-state index in [0.29, 0.717) is 5.56 Å². The Balaban J connectivity index is 2.58. The lowest BCUT2D eigenvalue weighted by atomic mass is 10.1. The van der Waals surface area contributed by atoms with Crippen molar-refractivity contribution >= 4 is 11.9 Å². The largest absolute Gasteiger partial charge is 0.462 e. The summed E-state index contributed by atoms with van der Waals surface area (Å²) < 4.78 is 4.93. The Morgan fingerprint density at radius 3 is 2.22 bits per heavy atom. The first-order chi connectivity index (χ1) is 8.38. The number of carbonyl (C=O) groups excluding carboxylic acids is 2. The van der Waals surface area contributed by atoms with Crippen molar-refractivity contribution in [1.29, 1.82) is 0 Å². The topological polar surface area (TPSA) is 55.4 Å². The molecular formula is C14H19NO3. The minimum atomic E-state index is -0.428. The molecule has 0 unspecified atom stereocenters. The SMILES string of the molecule is Cc1cc(C)cc(C(=O)NCC(=O)OC(C)C)c1. The fourth-order valence-electron chi connectivity index (χ4n) is 1.66. The van der Waals surface area contributed by atoms with Crippen molar-refractivity contribution in [3.8, 4) is 0 Å². The van der Waals surface area contributed by atoms with E-state index in [2.05, 4.69) is 5.32 Å². The summed E-state index contributed by atoms with van der Waals surface area (Å²) in [6.45, 7) is 7.28. The van der Waals surface area contributed by atoms with Gasteiger partial charge in [-0.3, -0.25) is 9.59 Å². The van der Waals surface area contributed by atoms with Crippen LogP contribution in [0.25, 0.3) is 0 Å². The highest BCUT2D eigenvalue weighted by Gasteiger charge is 2.10. The van der Waals surface area contributed by atoms with Gasteiger partial charge in [-0.05, 0) is 39.8 Å². The Morgan fingerprint density at radius 2 is 1.72 bits per heavy atom. The Kier molecular flexibility index (Phi) is 4.89. The van der Waals surface area contributed by atoms with Crippen molar-refractivity contribution in [3.63, 3.8) is 0 Å². The maximum Gasteiger partial charge on any atom is 0.325 e. The number of rotatable bonds is 4. The second-order valence-electron chi connectivity index (χ2n) is 4.60. The molecular weight excluding hydrogens is 230 g/mol. The third kappa shape index (κ3) is 4.57. The molecule has 1 amide bonds. The van der Waals surface area contributed by atoms with Crippen LogP contribution in [0.4, 0.5) is 0 Å². The first-order valence-electron chi connectivity index (χ1n) is 5.94. The number of benzene rings is 1. The van der Waals surface area contributed by atoms with Crippen LogP contribution in [0, 0.1) is 13.8 Å². The maximum atomic E-state index is 11.8.